The van der Waals surface area contributed by atoms with Crippen LogP contribution in [0.4, 0.5) is 0 Å². The van der Waals surface area contributed by atoms with E-state index in [1.54, 1.807) is 0 Å². The first-order valence-electron chi connectivity index (χ1n) is 37.7. The van der Waals surface area contributed by atoms with E-state index >= 15 is 0 Å². The lowest BCUT2D eigenvalue weighted by Crippen LogP contribution is -2.82. The molecule has 538 valence electrons. The minimum Gasteiger partial charge on any atom is -0.242 e. The number of hydrogen-bond donors (Lipinski definition) is 0. The lowest BCUT2D eigenvalue weighted by molar-refractivity contribution is 0.591. The third-order valence-electron chi connectivity index (χ3n) is 24.0. The number of nitrogens with zero attached hydrogens (tertiary/aromatic N) is 4. The first-order valence-corrected chi connectivity index (χ1v) is 99.7. The zero-order valence-corrected chi connectivity index (χ0v) is 87.4. The standard InChI is InChI=1S/C80H134N4Si16/c1-79(2,3)63-55-65-69-66(56-63)76-78(84-74-62(50-54-100(94(34,35)36,95(37,38)39)96(40,41)42)46-44-60(72(74)82-76)48-52-98(88(16,17)18,89(19,20)21)90(22,23)24)68-58-64(80(4,5)6)57-67(70(68)69)77-75(65)81-71-59(47-51-97(85(7,8)9,86(10,11)12)87(13,14)15)43-45-61(73(71)83-77)49-53-99(91(25,26)27,92(28,29)30)93(31,32)33/h43-46,55-58H,1-42H3. The Balaban J connectivity index is 1.75. The van der Waals surface area contributed by atoms with Gasteiger partial charge in [0, 0.05) is 123 Å². The topological polar surface area (TPSA) is 51.6 Å². The fraction of sp³-hybridized carbons (Fsp3) is 0.550. The van der Waals surface area contributed by atoms with E-state index in [1.807, 2.05) is 0 Å². The summed E-state index contributed by atoms with van der Waals surface area (Å²) in [6.07, 6.45) is 0. The van der Waals surface area contributed by atoms with Crippen LogP contribution >= 0.6 is 0 Å². The number of aromatic nitrogens is 4. The molecule has 20 heteroatoms. The van der Waals surface area contributed by atoms with Gasteiger partial charge in [-0.25, -0.2) is 19.9 Å². The van der Waals surface area contributed by atoms with Crippen LogP contribution in [0, 0.1) is 45.9 Å². The highest BCUT2D eigenvalue weighted by Crippen LogP contribution is 2.49. The molecule has 0 aliphatic heterocycles. The van der Waals surface area contributed by atoms with Crippen molar-refractivity contribution in [1.29, 1.82) is 0 Å². The van der Waals surface area contributed by atoms with Gasteiger partial charge in [0.1, 0.15) is 48.6 Å². The van der Waals surface area contributed by atoms with Crippen LogP contribution in [0.2, 0.25) is 236 Å². The van der Waals surface area contributed by atoms with Gasteiger partial charge in [0.25, 0.3) is 0 Å². The number of hydrogen-bond acceptors (Lipinski definition) is 4. The monoisotopic (exact) mass is 1600 g/mol. The maximum Gasteiger partial charge on any atom is 0.115 e. The lowest BCUT2D eigenvalue weighted by atomic mass is 9.80. The van der Waals surface area contributed by atoms with E-state index in [-0.39, 0.29) is 10.8 Å². The summed E-state index contributed by atoms with van der Waals surface area (Å²) >= 11 is 0. The molecule has 0 spiro atoms. The van der Waals surface area contributed by atoms with Gasteiger partial charge in [0.05, 0.1) is 44.3 Å². The number of rotatable bonds is 12. The van der Waals surface area contributed by atoms with Gasteiger partial charge in [-0.2, -0.15) is 0 Å². The van der Waals surface area contributed by atoms with Gasteiger partial charge >= 0.3 is 0 Å². The zero-order chi connectivity index (χ0) is 76.7. The third kappa shape index (κ3) is 13.4. The van der Waals surface area contributed by atoms with Crippen LogP contribution in [-0.2, 0) is 10.8 Å². The van der Waals surface area contributed by atoms with Crippen molar-refractivity contribution in [3.8, 4) is 45.9 Å². The van der Waals surface area contributed by atoms with E-state index < -0.39 is 118 Å². The van der Waals surface area contributed by atoms with Crippen LogP contribution in [0.1, 0.15) is 74.9 Å². The van der Waals surface area contributed by atoms with Crippen LogP contribution < -0.4 is 0 Å². The fourth-order valence-corrected chi connectivity index (χ4v) is 396. The molecule has 2 aromatic heterocycles. The van der Waals surface area contributed by atoms with E-state index in [0.717, 1.165) is 87.9 Å². The van der Waals surface area contributed by atoms with E-state index in [9.17, 15) is 0 Å². The molecule has 0 unspecified atom stereocenters. The fourth-order valence-electron chi connectivity index (χ4n) is 23.3. The van der Waals surface area contributed by atoms with Crippen LogP contribution in [-0.4, -0.2) is 138 Å². The maximum atomic E-state index is 6.24. The Morgan fingerprint density at radius 1 is 0.220 bits per heavy atom. The molecule has 100 heavy (non-hydrogen) atoms. The van der Waals surface area contributed by atoms with Crippen molar-refractivity contribution in [1.82, 2.24) is 19.9 Å². The highest BCUT2D eigenvalue weighted by Gasteiger charge is 2.65. The molecule has 0 bridgehead atoms. The molecule has 0 aliphatic rings. The van der Waals surface area contributed by atoms with Gasteiger partial charge in [0.2, 0.25) is 0 Å². The maximum absolute atomic E-state index is 6.24. The molecule has 0 fully saturated rings. The summed E-state index contributed by atoms with van der Waals surface area (Å²) in [5.41, 5.74) is 31.2. The summed E-state index contributed by atoms with van der Waals surface area (Å²) in [6.45, 7) is 101. The number of fused-ring (bicyclic) bond motifs is 8. The van der Waals surface area contributed by atoms with Gasteiger partial charge in [-0.1, -0.05) is 301 Å². The van der Waals surface area contributed by atoms with Gasteiger partial charge in [0.15, 0.2) is 0 Å². The predicted octanol–water partition coefficient (Wildman–Crippen LogP) is 23.7. The molecule has 8 aromatic rings. The second-order valence-corrected chi connectivity index (χ2v) is 205. The molecule has 0 saturated heterocycles. The minimum absolute atomic E-state index is 0.230. The minimum atomic E-state index is -2.13. The predicted molar refractivity (Wildman–Crippen MR) is 499 cm³/mol. The molecule has 0 radical (unpaired) electrons. The molecule has 0 aliphatic carbocycles. The smallest absolute Gasteiger partial charge is 0.115 e. The van der Waals surface area contributed by atoms with Crippen molar-refractivity contribution in [2.75, 3.05) is 0 Å². The molecule has 4 nitrogen and oxygen atoms in total. The van der Waals surface area contributed by atoms with E-state index in [0.29, 0.717) is 0 Å². The van der Waals surface area contributed by atoms with E-state index in [2.05, 4.69) is 372 Å². The molecule has 6 aromatic carbocycles. The van der Waals surface area contributed by atoms with Crippen molar-refractivity contribution in [3.05, 3.63) is 81.9 Å². The Hall–Kier alpha value is -2.73. The average molecular weight is 1600 g/mol. The second kappa shape index (κ2) is 25.5. The summed E-state index contributed by atoms with van der Waals surface area (Å²) in [4.78, 5) is 25.0. The highest BCUT2D eigenvalue weighted by atomic mass is 29.9. The molecule has 8 rings (SSSR count). The van der Waals surface area contributed by atoms with Gasteiger partial charge < -0.3 is 0 Å². The summed E-state index contributed by atoms with van der Waals surface area (Å²) in [6, 6.07) is 19.2. The highest BCUT2D eigenvalue weighted by molar-refractivity contribution is 7.94. The Bertz CT molecular complexity index is 4160. The van der Waals surface area contributed by atoms with Crippen LogP contribution in [0.15, 0.2) is 48.5 Å². The summed E-state index contributed by atoms with van der Waals surface area (Å²) < 4.78 is 0. The zero-order valence-electron chi connectivity index (χ0n) is 71.4. The number of benzene rings is 6. The molecule has 2 heterocycles. The Morgan fingerprint density at radius 3 is 0.480 bits per heavy atom. The van der Waals surface area contributed by atoms with Gasteiger partial charge in [-0.15, -0.1) is 22.2 Å². The molecule has 0 saturated carbocycles. The quantitative estimate of drug-likeness (QED) is 0.0529. The van der Waals surface area contributed by atoms with Crippen molar-refractivity contribution >= 4 is 194 Å². The summed E-state index contributed by atoms with van der Waals surface area (Å²) in [5, 5.41) is 6.84. The van der Waals surface area contributed by atoms with Crippen molar-refractivity contribution in [2.45, 2.75) is 288 Å². The molecular formula is C80H134N4Si16. The Morgan fingerprint density at radius 2 is 0.360 bits per heavy atom. The Labute approximate surface area is 624 Å². The molecule has 0 atom stereocenters. The van der Waals surface area contributed by atoms with E-state index in [1.165, 1.54) is 21.9 Å². The first-order chi connectivity index (χ1) is 44.5. The largest absolute Gasteiger partial charge is 0.242 e. The van der Waals surface area contributed by atoms with Crippen LogP contribution in [0.5, 0.6) is 0 Å². The summed E-state index contributed by atoms with van der Waals surface area (Å²) in [5.74, 6) is 16.6. The van der Waals surface area contributed by atoms with Crippen LogP contribution in [0.3, 0.4) is 0 Å². The average Bonchev–Trinajstić information content (AvgIpc) is 0.686. The Kier molecular flexibility index (Phi) is 21.1. The molecule has 0 amide bonds. The molecular weight excluding hydrogens is 1470 g/mol. The SMILES string of the molecule is CC(C)(C)c1cc2c3nc4c(C#C[Si]([Si](C)(C)C)([Si](C)(C)C)[Si](C)(C)C)ccc(C#C[Si]([Si](C)(C)C)([Si](C)(C)C)[Si](C)(C)C)c4nc3c3cc(C(C)(C)C)cc4c5nc6c(C#C[Si]([Si](C)(C)C)([Si](C)(C)C)[Si](C)(C)C)ccc(C#C[Si]([Si](C)(C)C)([Si](C)(C)C)[Si](C)(C)C)c6nc5c(c1)c2c34. The second-order valence-electron chi connectivity index (χ2n) is 45.0. The van der Waals surface area contributed by atoms with Crippen molar-refractivity contribution < 1.29 is 0 Å². The third-order valence-corrected chi connectivity index (χ3v) is 300. The lowest BCUT2D eigenvalue weighted by Gasteiger charge is -2.53. The molecule has 0 N–H and O–H groups in total. The van der Waals surface area contributed by atoms with Gasteiger partial charge in [-0.3, -0.25) is 0 Å². The normalized spacial score (nSPS) is 14.8. The van der Waals surface area contributed by atoms with Crippen molar-refractivity contribution in [3.63, 3.8) is 0 Å². The van der Waals surface area contributed by atoms with Gasteiger partial charge in [-0.05, 0) is 70.5 Å². The van der Waals surface area contributed by atoms with Crippen molar-refractivity contribution in [2.24, 2.45) is 0 Å². The summed E-state index contributed by atoms with van der Waals surface area (Å²) in [7, 11) is -21.3. The van der Waals surface area contributed by atoms with Crippen LogP contribution in [0.25, 0.3) is 76.5 Å². The first kappa shape index (κ1) is 82.9. The van der Waals surface area contributed by atoms with E-state index in [4.69, 9.17) is 19.9 Å².